The fourth-order valence-corrected chi connectivity index (χ4v) is 3.25. The Morgan fingerprint density at radius 1 is 1.38 bits per heavy atom. The Hall–Kier alpha value is -1.99. The molecule has 7 heteroatoms. The second-order valence-corrected chi connectivity index (χ2v) is 6.09. The molecule has 0 bridgehead atoms. The van der Waals surface area contributed by atoms with Gasteiger partial charge in [0.2, 0.25) is 0 Å². The first kappa shape index (κ1) is 14.0. The minimum atomic E-state index is -0.0647. The van der Waals surface area contributed by atoms with Gasteiger partial charge in [-0.25, -0.2) is 0 Å². The normalized spacial score (nSPS) is 10.7. The van der Waals surface area contributed by atoms with Crippen LogP contribution < -0.4 is 0 Å². The quantitative estimate of drug-likeness (QED) is 0.723. The number of furan rings is 1. The summed E-state index contributed by atoms with van der Waals surface area (Å²) in [7, 11) is 0. The van der Waals surface area contributed by atoms with Gasteiger partial charge in [0.1, 0.15) is 10.6 Å². The number of aryl methyl sites for hydroxylation is 1. The largest absolute Gasteiger partial charge is 0.467 e. The van der Waals surface area contributed by atoms with Gasteiger partial charge in [-0.1, -0.05) is 4.49 Å². The summed E-state index contributed by atoms with van der Waals surface area (Å²) in [4.78, 5) is 15.0. The molecule has 0 aliphatic heterocycles. The molecule has 0 aliphatic carbocycles. The van der Waals surface area contributed by atoms with Crippen LogP contribution in [-0.2, 0) is 13.1 Å². The van der Waals surface area contributed by atoms with Gasteiger partial charge in [0, 0.05) is 6.54 Å². The van der Waals surface area contributed by atoms with Crippen LogP contribution in [0.25, 0.3) is 0 Å². The van der Waals surface area contributed by atoms with Crippen molar-refractivity contribution < 1.29 is 9.21 Å². The second-order valence-electron chi connectivity index (χ2n) is 4.56. The maximum Gasteiger partial charge on any atom is 0.268 e. The van der Waals surface area contributed by atoms with E-state index in [0.29, 0.717) is 23.7 Å². The molecule has 3 rings (SSSR count). The van der Waals surface area contributed by atoms with E-state index < -0.39 is 0 Å². The number of rotatable bonds is 5. The lowest BCUT2D eigenvalue weighted by molar-refractivity contribution is 0.0722. The molecule has 3 aromatic rings. The maximum atomic E-state index is 12.7. The van der Waals surface area contributed by atoms with Gasteiger partial charge in [-0.15, -0.1) is 5.10 Å². The summed E-state index contributed by atoms with van der Waals surface area (Å²) in [5.74, 6) is 0.693. The third-order valence-corrected chi connectivity index (χ3v) is 4.56. The second kappa shape index (κ2) is 6.19. The summed E-state index contributed by atoms with van der Waals surface area (Å²) in [5.41, 5.74) is 1.77. The summed E-state index contributed by atoms with van der Waals surface area (Å²) in [6.45, 7) is 2.77. The molecule has 0 saturated heterocycles. The van der Waals surface area contributed by atoms with E-state index in [1.165, 1.54) is 0 Å². The Morgan fingerprint density at radius 3 is 2.90 bits per heavy atom. The first-order chi connectivity index (χ1) is 10.2. The fourth-order valence-electron chi connectivity index (χ4n) is 1.96. The molecule has 21 heavy (non-hydrogen) atoms. The zero-order valence-electron chi connectivity index (χ0n) is 11.4. The Labute approximate surface area is 130 Å². The molecule has 0 spiro atoms. The van der Waals surface area contributed by atoms with Gasteiger partial charge in [-0.2, -0.15) is 11.3 Å². The van der Waals surface area contributed by atoms with Crippen LogP contribution >= 0.6 is 22.9 Å². The van der Waals surface area contributed by atoms with Crippen molar-refractivity contribution in [1.29, 1.82) is 0 Å². The molecule has 0 aromatic carbocycles. The van der Waals surface area contributed by atoms with Crippen molar-refractivity contribution in [3.63, 3.8) is 0 Å². The molecule has 0 saturated carbocycles. The highest BCUT2D eigenvalue weighted by Crippen LogP contribution is 2.19. The first-order valence-corrected chi connectivity index (χ1v) is 8.07. The van der Waals surface area contributed by atoms with Crippen LogP contribution in [0.15, 0.2) is 39.6 Å². The zero-order valence-corrected chi connectivity index (χ0v) is 13.0. The van der Waals surface area contributed by atoms with E-state index in [1.807, 2.05) is 29.0 Å². The molecule has 0 aliphatic rings. The smallest absolute Gasteiger partial charge is 0.268 e. The fraction of sp³-hybridized carbons (Fsp3) is 0.214. The number of carbonyl (C=O) groups is 1. The number of amides is 1. The van der Waals surface area contributed by atoms with Crippen LogP contribution in [0.3, 0.4) is 0 Å². The number of hydrogen-bond donors (Lipinski definition) is 0. The third kappa shape index (κ3) is 3.20. The van der Waals surface area contributed by atoms with E-state index in [2.05, 4.69) is 9.59 Å². The Kier molecular flexibility index (Phi) is 4.12. The van der Waals surface area contributed by atoms with Crippen LogP contribution in [0.5, 0.6) is 0 Å². The molecule has 0 fully saturated rings. The number of aromatic nitrogens is 2. The molecule has 3 heterocycles. The zero-order chi connectivity index (χ0) is 14.7. The molecular weight excluding hydrogens is 306 g/mol. The lowest BCUT2D eigenvalue weighted by Crippen LogP contribution is -2.29. The number of nitrogens with zero attached hydrogens (tertiary/aromatic N) is 3. The van der Waals surface area contributed by atoms with Gasteiger partial charge < -0.3 is 9.32 Å². The van der Waals surface area contributed by atoms with Crippen LogP contribution in [0.4, 0.5) is 0 Å². The van der Waals surface area contributed by atoms with Crippen molar-refractivity contribution >= 4 is 28.8 Å². The summed E-state index contributed by atoms with van der Waals surface area (Å²) in [5, 5.41) is 7.96. The van der Waals surface area contributed by atoms with Crippen molar-refractivity contribution in [2.45, 2.75) is 20.0 Å². The Morgan fingerprint density at radius 2 is 2.29 bits per heavy atom. The minimum Gasteiger partial charge on any atom is -0.467 e. The summed E-state index contributed by atoms with van der Waals surface area (Å²) in [6.07, 6.45) is 1.61. The van der Waals surface area contributed by atoms with Crippen molar-refractivity contribution in [2.24, 2.45) is 0 Å². The van der Waals surface area contributed by atoms with E-state index >= 15 is 0 Å². The molecule has 0 atom stereocenters. The molecule has 0 radical (unpaired) electrons. The monoisotopic (exact) mass is 319 g/mol. The molecular formula is C14H13N3O2S2. The van der Waals surface area contributed by atoms with Gasteiger partial charge >= 0.3 is 0 Å². The predicted octanol–water partition coefficient (Wildman–Crippen LogP) is 3.34. The van der Waals surface area contributed by atoms with Crippen LogP contribution in [0, 0.1) is 6.92 Å². The number of carbonyl (C=O) groups excluding carboxylic acids is 1. The van der Waals surface area contributed by atoms with E-state index in [4.69, 9.17) is 4.42 Å². The molecule has 3 aromatic heterocycles. The van der Waals surface area contributed by atoms with Gasteiger partial charge in [0.25, 0.3) is 5.91 Å². The van der Waals surface area contributed by atoms with Crippen LogP contribution in [0.2, 0.25) is 0 Å². The van der Waals surface area contributed by atoms with E-state index in [9.17, 15) is 4.79 Å². The third-order valence-electron chi connectivity index (χ3n) is 3.01. The van der Waals surface area contributed by atoms with E-state index in [1.54, 1.807) is 29.4 Å². The predicted molar refractivity (Wildman–Crippen MR) is 81.3 cm³/mol. The SMILES string of the molecule is Cc1nnsc1C(=O)N(Cc1ccsc1)Cc1ccco1. The van der Waals surface area contributed by atoms with E-state index in [0.717, 1.165) is 22.9 Å². The first-order valence-electron chi connectivity index (χ1n) is 6.35. The molecule has 1 amide bonds. The molecule has 108 valence electrons. The van der Waals surface area contributed by atoms with Crippen LogP contribution in [0.1, 0.15) is 26.7 Å². The van der Waals surface area contributed by atoms with E-state index in [-0.39, 0.29) is 5.91 Å². The van der Waals surface area contributed by atoms with Gasteiger partial charge in [-0.05, 0) is 53.0 Å². The maximum absolute atomic E-state index is 12.7. The standard InChI is InChI=1S/C14H13N3O2S2/c1-10-13(21-16-15-10)14(18)17(7-11-4-6-20-9-11)8-12-3-2-5-19-12/h2-6,9H,7-8H2,1H3. The highest BCUT2D eigenvalue weighted by Gasteiger charge is 2.22. The average Bonchev–Trinajstić information content (AvgIpc) is 3.19. The van der Waals surface area contributed by atoms with Gasteiger partial charge in [-0.3, -0.25) is 4.79 Å². The topological polar surface area (TPSA) is 59.2 Å². The van der Waals surface area contributed by atoms with Crippen molar-refractivity contribution in [3.8, 4) is 0 Å². The van der Waals surface area contributed by atoms with Crippen molar-refractivity contribution in [2.75, 3.05) is 0 Å². The van der Waals surface area contributed by atoms with Gasteiger partial charge in [0.15, 0.2) is 0 Å². The summed E-state index contributed by atoms with van der Waals surface area (Å²) < 4.78 is 9.20. The average molecular weight is 319 g/mol. The highest BCUT2D eigenvalue weighted by atomic mass is 32.1. The highest BCUT2D eigenvalue weighted by molar-refractivity contribution is 7.08. The Bertz CT molecular complexity index is 668. The Balaban J connectivity index is 1.84. The lowest BCUT2D eigenvalue weighted by atomic mass is 10.2. The number of hydrogen-bond acceptors (Lipinski definition) is 6. The number of thiophene rings is 1. The molecule has 5 nitrogen and oxygen atoms in total. The minimum absolute atomic E-state index is 0.0647. The van der Waals surface area contributed by atoms with Crippen molar-refractivity contribution in [3.05, 3.63) is 57.1 Å². The van der Waals surface area contributed by atoms with Gasteiger partial charge in [0.05, 0.1) is 18.5 Å². The van der Waals surface area contributed by atoms with Crippen molar-refractivity contribution in [1.82, 2.24) is 14.5 Å². The summed E-state index contributed by atoms with van der Waals surface area (Å²) in [6, 6.07) is 5.71. The summed E-state index contributed by atoms with van der Waals surface area (Å²) >= 11 is 2.75. The lowest BCUT2D eigenvalue weighted by Gasteiger charge is -2.20. The molecule has 0 N–H and O–H groups in total. The van der Waals surface area contributed by atoms with Crippen LogP contribution in [-0.4, -0.2) is 20.4 Å². The molecule has 0 unspecified atom stereocenters.